The van der Waals surface area contributed by atoms with E-state index in [0.29, 0.717) is 0 Å². The molecule has 2 bridgehead atoms. The molecule has 0 unspecified atom stereocenters. The molecule has 0 aromatic carbocycles. The minimum atomic E-state index is -0.407. The number of hydrogen-bond donors (Lipinski definition) is 0. The summed E-state index contributed by atoms with van der Waals surface area (Å²) in [7, 11) is 0. The number of rotatable bonds is 0. The Kier molecular flexibility index (Phi) is 1.60. The summed E-state index contributed by atoms with van der Waals surface area (Å²) in [5.41, 5.74) is 2.57. The van der Waals surface area contributed by atoms with Gasteiger partial charge in [0.1, 0.15) is 0 Å². The largest absolute Gasteiger partial charge is 0.353 e. The molecule has 4 rings (SSSR count). The smallest absolute Gasteiger partial charge is 0.169 e. The van der Waals surface area contributed by atoms with Crippen molar-refractivity contribution in [2.75, 3.05) is 0 Å². The number of ketones is 2. The topological polar surface area (TPSA) is 46.7 Å². The zero-order chi connectivity index (χ0) is 11.9. The lowest BCUT2D eigenvalue weighted by molar-refractivity contribution is -0.135. The predicted molar refractivity (Wildman–Crippen MR) is 60.1 cm³/mol. The Balaban J connectivity index is 1.87. The van der Waals surface area contributed by atoms with Gasteiger partial charge in [0, 0.05) is 23.7 Å². The maximum atomic E-state index is 12.2. The normalized spacial score (nSPS) is 49.4. The molecule has 2 saturated carbocycles. The average Bonchev–Trinajstić information content (AvgIpc) is 2.89. The lowest BCUT2D eigenvalue weighted by atomic mass is 9.72. The molecule has 17 heavy (non-hydrogen) atoms. The highest BCUT2D eigenvalue weighted by atomic mass is 16.6. The highest BCUT2D eigenvalue weighted by Gasteiger charge is 2.67. The first-order valence-corrected chi connectivity index (χ1v) is 6.20. The summed E-state index contributed by atoms with van der Waals surface area (Å²) in [5, 5.41) is 0. The minimum absolute atomic E-state index is 0.133. The van der Waals surface area contributed by atoms with E-state index in [2.05, 4.69) is 26.0 Å². The lowest BCUT2D eigenvalue weighted by Gasteiger charge is -2.26. The Hall–Kier alpha value is -1.22. The molecule has 0 spiro atoms. The van der Waals surface area contributed by atoms with Crippen LogP contribution in [0, 0.1) is 23.7 Å². The van der Waals surface area contributed by atoms with E-state index in [9.17, 15) is 9.59 Å². The van der Waals surface area contributed by atoms with Crippen molar-refractivity contribution < 1.29 is 14.3 Å². The van der Waals surface area contributed by atoms with Crippen molar-refractivity contribution in [3.05, 3.63) is 23.3 Å². The third-order valence-electron chi connectivity index (χ3n) is 4.69. The van der Waals surface area contributed by atoms with Crippen LogP contribution in [0.3, 0.4) is 0 Å². The molecular weight excluding hydrogens is 216 g/mol. The van der Waals surface area contributed by atoms with Gasteiger partial charge >= 0.3 is 0 Å². The van der Waals surface area contributed by atoms with Crippen molar-refractivity contribution in [2.45, 2.75) is 26.1 Å². The second-order valence-electron chi connectivity index (χ2n) is 5.73. The van der Waals surface area contributed by atoms with Gasteiger partial charge in [0.2, 0.25) is 0 Å². The first-order chi connectivity index (χ1) is 8.11. The molecule has 0 aromatic rings. The van der Waals surface area contributed by atoms with Crippen LogP contribution >= 0.6 is 0 Å². The number of epoxide rings is 1. The van der Waals surface area contributed by atoms with Crippen LogP contribution in [-0.2, 0) is 14.3 Å². The highest BCUT2D eigenvalue weighted by molar-refractivity contribution is 6.07. The maximum Gasteiger partial charge on any atom is 0.169 e. The molecule has 3 aliphatic carbocycles. The number of allylic oxidation sites excluding steroid dienone is 4. The third kappa shape index (κ3) is 0.974. The zero-order valence-electron chi connectivity index (χ0n) is 9.84. The van der Waals surface area contributed by atoms with Gasteiger partial charge in [-0.05, 0) is 13.8 Å². The molecule has 0 amide bonds. The van der Waals surface area contributed by atoms with Crippen molar-refractivity contribution in [1.82, 2.24) is 0 Å². The van der Waals surface area contributed by atoms with Crippen molar-refractivity contribution >= 4 is 11.6 Å². The van der Waals surface area contributed by atoms with Crippen LogP contribution in [0.4, 0.5) is 0 Å². The molecule has 4 aliphatic rings. The van der Waals surface area contributed by atoms with Crippen LogP contribution in [0.5, 0.6) is 0 Å². The molecule has 1 heterocycles. The van der Waals surface area contributed by atoms with E-state index in [1.54, 1.807) is 0 Å². The van der Waals surface area contributed by atoms with Crippen molar-refractivity contribution in [3.63, 3.8) is 0 Å². The van der Waals surface area contributed by atoms with E-state index in [0.717, 1.165) is 0 Å². The van der Waals surface area contributed by atoms with Gasteiger partial charge < -0.3 is 4.74 Å². The van der Waals surface area contributed by atoms with Crippen LogP contribution in [0.2, 0.25) is 0 Å². The third-order valence-corrected chi connectivity index (χ3v) is 4.69. The van der Waals surface area contributed by atoms with Crippen molar-refractivity contribution in [1.29, 1.82) is 0 Å². The summed E-state index contributed by atoms with van der Waals surface area (Å²) in [6.45, 7) is 4.15. The van der Waals surface area contributed by atoms with Crippen LogP contribution in [0.15, 0.2) is 23.3 Å². The van der Waals surface area contributed by atoms with Gasteiger partial charge in [-0.15, -0.1) is 0 Å². The Morgan fingerprint density at radius 2 is 1.47 bits per heavy atom. The van der Waals surface area contributed by atoms with Gasteiger partial charge in [0.05, 0.1) is 0 Å². The van der Waals surface area contributed by atoms with E-state index in [1.807, 2.05) is 0 Å². The summed E-state index contributed by atoms with van der Waals surface area (Å²) in [5.74, 6) is 0.385. The number of Topliss-reactive ketones (excluding diaryl/α,β-unsaturated/α-hetero) is 2. The molecule has 3 nitrogen and oxygen atoms in total. The monoisotopic (exact) mass is 230 g/mol. The van der Waals surface area contributed by atoms with Crippen LogP contribution in [0.25, 0.3) is 0 Å². The van der Waals surface area contributed by atoms with E-state index >= 15 is 0 Å². The fraction of sp³-hybridized carbons (Fsp3) is 0.571. The molecule has 3 heteroatoms. The van der Waals surface area contributed by atoms with Crippen molar-refractivity contribution in [2.24, 2.45) is 23.7 Å². The lowest BCUT2D eigenvalue weighted by Crippen LogP contribution is -2.43. The van der Waals surface area contributed by atoms with E-state index in [1.165, 1.54) is 11.1 Å². The Labute approximate surface area is 99.5 Å². The highest BCUT2D eigenvalue weighted by Crippen LogP contribution is 2.58. The Morgan fingerprint density at radius 3 is 1.88 bits per heavy atom. The maximum absolute atomic E-state index is 12.2. The van der Waals surface area contributed by atoms with Crippen LogP contribution < -0.4 is 0 Å². The second kappa shape index (κ2) is 2.78. The Morgan fingerprint density at radius 1 is 1.00 bits per heavy atom. The average molecular weight is 230 g/mol. The quantitative estimate of drug-likeness (QED) is 0.465. The number of carbonyl (C=O) groups excluding carboxylic acids is 2. The molecule has 88 valence electrons. The van der Waals surface area contributed by atoms with E-state index < -0.39 is 12.2 Å². The number of fused-ring (bicyclic) bond motifs is 6. The molecule has 0 N–H and O–H groups in total. The van der Waals surface area contributed by atoms with Gasteiger partial charge in [-0.25, -0.2) is 0 Å². The summed E-state index contributed by atoms with van der Waals surface area (Å²) in [6, 6.07) is 0. The van der Waals surface area contributed by atoms with E-state index in [4.69, 9.17) is 4.74 Å². The predicted octanol–water partition coefficient (Wildman–Crippen LogP) is 1.29. The number of ether oxygens (including phenoxy) is 1. The summed E-state index contributed by atoms with van der Waals surface area (Å²) in [4.78, 5) is 24.4. The molecule has 3 fully saturated rings. The van der Waals surface area contributed by atoms with Crippen LogP contribution in [-0.4, -0.2) is 23.8 Å². The van der Waals surface area contributed by atoms with Gasteiger partial charge in [-0.3, -0.25) is 9.59 Å². The molecule has 0 aromatic heterocycles. The molecule has 1 saturated heterocycles. The molecule has 1 aliphatic heterocycles. The van der Waals surface area contributed by atoms with Gasteiger partial charge in [0.15, 0.2) is 23.8 Å². The standard InChI is InChI=1S/C14H14O3/c1-5(2)8-6-3-4-7(8)10-9(6)11(15)13-14(17-13)12(10)16/h3-4,6-7,9-10,13-14H,1-2H3/t6-,7-,9-,10-,13-,14+/m1/s1. The van der Waals surface area contributed by atoms with Gasteiger partial charge in [-0.1, -0.05) is 23.3 Å². The summed E-state index contributed by atoms with van der Waals surface area (Å²) < 4.78 is 5.22. The first kappa shape index (κ1) is 9.77. The SMILES string of the molecule is CC(C)=C1[C@H]2C=C[C@H]1[C@H]1C(=O)[C@@H]3O[C@@H]3C(=O)[C@@H]12. The van der Waals surface area contributed by atoms with Gasteiger partial charge in [-0.2, -0.15) is 0 Å². The number of carbonyl (C=O) groups is 2. The molecule has 0 radical (unpaired) electrons. The summed E-state index contributed by atoms with van der Waals surface area (Å²) >= 11 is 0. The zero-order valence-corrected chi connectivity index (χ0v) is 9.84. The van der Waals surface area contributed by atoms with Gasteiger partial charge in [0.25, 0.3) is 0 Å². The Bertz CT molecular complexity index is 472. The minimum Gasteiger partial charge on any atom is -0.353 e. The fourth-order valence-corrected chi connectivity index (χ4v) is 4.04. The first-order valence-electron chi connectivity index (χ1n) is 6.20. The second-order valence-corrected chi connectivity index (χ2v) is 5.73. The van der Waals surface area contributed by atoms with Crippen LogP contribution in [0.1, 0.15) is 13.8 Å². The molecule has 6 atom stereocenters. The fourth-order valence-electron chi connectivity index (χ4n) is 4.04. The molecular formula is C14H14O3. The summed E-state index contributed by atoms with van der Waals surface area (Å²) in [6.07, 6.45) is 3.41. The number of hydrogen-bond acceptors (Lipinski definition) is 3. The van der Waals surface area contributed by atoms with E-state index in [-0.39, 0.29) is 35.2 Å². The van der Waals surface area contributed by atoms with Crippen molar-refractivity contribution in [3.8, 4) is 0 Å².